The number of benzene rings is 1. The molecule has 1 heterocycles. The Morgan fingerprint density at radius 1 is 1.29 bits per heavy atom. The van der Waals surface area contributed by atoms with Crippen LogP contribution in [-0.2, 0) is 4.74 Å². The summed E-state index contributed by atoms with van der Waals surface area (Å²) in [5.74, 6) is 0.561. The van der Waals surface area contributed by atoms with Gasteiger partial charge in [-0.3, -0.25) is 0 Å². The van der Waals surface area contributed by atoms with Crippen LogP contribution < -0.4 is 5.32 Å². The molecule has 1 saturated heterocycles. The number of hydrogen-bond acceptors (Lipinski definition) is 2. The molecule has 0 bridgehead atoms. The van der Waals surface area contributed by atoms with Gasteiger partial charge in [-0.1, -0.05) is 32.0 Å². The third-order valence-corrected chi connectivity index (χ3v) is 3.38. The van der Waals surface area contributed by atoms with E-state index in [1.807, 2.05) is 0 Å². The summed E-state index contributed by atoms with van der Waals surface area (Å²) < 4.78 is 5.74. The van der Waals surface area contributed by atoms with E-state index < -0.39 is 0 Å². The van der Waals surface area contributed by atoms with E-state index in [4.69, 9.17) is 4.74 Å². The third kappa shape index (κ3) is 3.47. The second kappa shape index (κ2) is 6.06. The Labute approximate surface area is 104 Å². The maximum atomic E-state index is 5.74. The lowest BCUT2D eigenvalue weighted by Crippen LogP contribution is -2.27. The van der Waals surface area contributed by atoms with E-state index in [2.05, 4.69) is 43.4 Å². The Balaban J connectivity index is 1.93. The van der Waals surface area contributed by atoms with Gasteiger partial charge in [-0.05, 0) is 36.8 Å². The molecule has 1 aromatic carbocycles. The highest BCUT2D eigenvalue weighted by atomic mass is 16.5. The SMILES string of the molecule is CC(C)c1ccccc1NCC1CCCCO1. The number of hydrogen-bond donors (Lipinski definition) is 1. The predicted molar refractivity (Wildman–Crippen MR) is 72.6 cm³/mol. The number of para-hydroxylation sites is 1. The van der Waals surface area contributed by atoms with Gasteiger partial charge in [0.05, 0.1) is 6.10 Å². The van der Waals surface area contributed by atoms with E-state index in [0.29, 0.717) is 12.0 Å². The summed E-state index contributed by atoms with van der Waals surface area (Å²) in [6.07, 6.45) is 4.11. The minimum atomic E-state index is 0.393. The summed E-state index contributed by atoms with van der Waals surface area (Å²) in [7, 11) is 0. The summed E-state index contributed by atoms with van der Waals surface area (Å²) >= 11 is 0. The van der Waals surface area contributed by atoms with Gasteiger partial charge in [0.25, 0.3) is 0 Å². The van der Waals surface area contributed by atoms with Gasteiger partial charge in [-0.2, -0.15) is 0 Å². The van der Waals surface area contributed by atoms with Crippen molar-refractivity contribution in [1.29, 1.82) is 0 Å². The zero-order valence-corrected chi connectivity index (χ0v) is 10.9. The Hall–Kier alpha value is -1.02. The van der Waals surface area contributed by atoms with Crippen LogP contribution >= 0.6 is 0 Å². The molecule has 0 amide bonds. The maximum absolute atomic E-state index is 5.74. The molecule has 0 aliphatic carbocycles. The monoisotopic (exact) mass is 233 g/mol. The van der Waals surface area contributed by atoms with E-state index in [1.165, 1.54) is 30.5 Å². The lowest BCUT2D eigenvalue weighted by atomic mass is 10.0. The molecule has 1 aliphatic heterocycles. The first kappa shape index (κ1) is 12.4. The first-order valence-corrected chi connectivity index (χ1v) is 6.72. The van der Waals surface area contributed by atoms with E-state index in [-0.39, 0.29) is 0 Å². The smallest absolute Gasteiger partial charge is 0.0747 e. The molecule has 2 nitrogen and oxygen atoms in total. The van der Waals surface area contributed by atoms with Crippen molar-refractivity contribution in [3.63, 3.8) is 0 Å². The van der Waals surface area contributed by atoms with Crippen molar-refractivity contribution in [3.05, 3.63) is 29.8 Å². The second-order valence-corrected chi connectivity index (χ2v) is 5.11. The highest BCUT2D eigenvalue weighted by Crippen LogP contribution is 2.24. The number of rotatable bonds is 4. The highest BCUT2D eigenvalue weighted by Gasteiger charge is 2.14. The molecular formula is C15H23NO. The van der Waals surface area contributed by atoms with Gasteiger partial charge in [-0.15, -0.1) is 0 Å². The molecule has 2 heteroatoms. The van der Waals surface area contributed by atoms with Gasteiger partial charge >= 0.3 is 0 Å². The number of ether oxygens (including phenoxy) is 1. The molecule has 17 heavy (non-hydrogen) atoms. The number of anilines is 1. The summed E-state index contributed by atoms with van der Waals surface area (Å²) in [6.45, 7) is 6.33. The minimum absolute atomic E-state index is 0.393. The largest absolute Gasteiger partial charge is 0.382 e. The molecule has 1 N–H and O–H groups in total. The van der Waals surface area contributed by atoms with Crippen molar-refractivity contribution in [2.75, 3.05) is 18.5 Å². The van der Waals surface area contributed by atoms with Crippen LogP contribution in [0.2, 0.25) is 0 Å². The molecule has 1 fully saturated rings. The quantitative estimate of drug-likeness (QED) is 0.854. The summed E-state index contributed by atoms with van der Waals surface area (Å²) in [5, 5.41) is 3.54. The zero-order valence-electron chi connectivity index (χ0n) is 10.9. The van der Waals surface area contributed by atoms with Crippen molar-refractivity contribution in [2.45, 2.75) is 45.1 Å². The van der Waals surface area contributed by atoms with E-state index in [0.717, 1.165) is 13.2 Å². The lowest BCUT2D eigenvalue weighted by Gasteiger charge is -2.24. The van der Waals surface area contributed by atoms with Crippen LogP contribution in [0.4, 0.5) is 5.69 Å². The first-order valence-electron chi connectivity index (χ1n) is 6.72. The fourth-order valence-electron chi connectivity index (χ4n) is 2.35. The van der Waals surface area contributed by atoms with Crippen molar-refractivity contribution in [3.8, 4) is 0 Å². The van der Waals surface area contributed by atoms with Crippen LogP contribution in [-0.4, -0.2) is 19.3 Å². The summed E-state index contributed by atoms with van der Waals surface area (Å²) in [4.78, 5) is 0. The first-order chi connectivity index (χ1) is 8.27. The second-order valence-electron chi connectivity index (χ2n) is 5.11. The van der Waals surface area contributed by atoms with Crippen LogP contribution in [0.5, 0.6) is 0 Å². The Morgan fingerprint density at radius 2 is 2.12 bits per heavy atom. The topological polar surface area (TPSA) is 21.3 Å². The van der Waals surface area contributed by atoms with Gasteiger partial charge < -0.3 is 10.1 Å². The van der Waals surface area contributed by atoms with E-state index in [9.17, 15) is 0 Å². The molecule has 0 aromatic heterocycles. The molecule has 1 aliphatic rings. The molecule has 1 aromatic rings. The third-order valence-electron chi connectivity index (χ3n) is 3.38. The average Bonchev–Trinajstić information content (AvgIpc) is 2.38. The molecule has 1 unspecified atom stereocenters. The molecule has 94 valence electrons. The van der Waals surface area contributed by atoms with Crippen LogP contribution in [0.1, 0.15) is 44.6 Å². The van der Waals surface area contributed by atoms with Crippen LogP contribution in [0, 0.1) is 0 Å². The number of nitrogens with one attached hydrogen (secondary N) is 1. The summed E-state index contributed by atoms with van der Waals surface area (Å²) in [6, 6.07) is 8.57. The van der Waals surface area contributed by atoms with Crippen molar-refractivity contribution in [1.82, 2.24) is 0 Å². The van der Waals surface area contributed by atoms with Gasteiger partial charge in [0.2, 0.25) is 0 Å². The van der Waals surface area contributed by atoms with Gasteiger partial charge in [0.15, 0.2) is 0 Å². The normalized spacial score (nSPS) is 20.5. The minimum Gasteiger partial charge on any atom is -0.382 e. The van der Waals surface area contributed by atoms with Gasteiger partial charge in [0, 0.05) is 18.8 Å². The standard InChI is InChI=1S/C15H23NO/c1-12(2)14-8-3-4-9-15(14)16-11-13-7-5-6-10-17-13/h3-4,8-9,12-13,16H,5-7,10-11H2,1-2H3. The fourth-order valence-corrected chi connectivity index (χ4v) is 2.35. The maximum Gasteiger partial charge on any atom is 0.0747 e. The van der Waals surface area contributed by atoms with Crippen LogP contribution in [0.15, 0.2) is 24.3 Å². The Bertz CT molecular complexity index is 343. The van der Waals surface area contributed by atoms with Crippen LogP contribution in [0.3, 0.4) is 0 Å². The highest BCUT2D eigenvalue weighted by molar-refractivity contribution is 5.52. The van der Waals surface area contributed by atoms with E-state index >= 15 is 0 Å². The molecule has 2 rings (SSSR count). The summed E-state index contributed by atoms with van der Waals surface area (Å²) in [5.41, 5.74) is 2.65. The molecule has 0 saturated carbocycles. The van der Waals surface area contributed by atoms with Crippen molar-refractivity contribution >= 4 is 5.69 Å². The molecular weight excluding hydrogens is 210 g/mol. The lowest BCUT2D eigenvalue weighted by molar-refractivity contribution is 0.0247. The average molecular weight is 233 g/mol. The fraction of sp³-hybridized carbons (Fsp3) is 0.600. The molecule has 0 radical (unpaired) electrons. The Morgan fingerprint density at radius 3 is 2.82 bits per heavy atom. The van der Waals surface area contributed by atoms with Crippen molar-refractivity contribution < 1.29 is 4.74 Å². The predicted octanol–water partition coefficient (Wildman–Crippen LogP) is 3.79. The zero-order chi connectivity index (χ0) is 12.1. The van der Waals surface area contributed by atoms with E-state index in [1.54, 1.807) is 0 Å². The molecule has 1 atom stereocenters. The van der Waals surface area contributed by atoms with Crippen molar-refractivity contribution in [2.24, 2.45) is 0 Å². The molecule has 0 spiro atoms. The van der Waals surface area contributed by atoms with Gasteiger partial charge in [0.1, 0.15) is 0 Å². The van der Waals surface area contributed by atoms with Crippen LogP contribution in [0.25, 0.3) is 0 Å². The Kier molecular flexibility index (Phi) is 4.43. The van der Waals surface area contributed by atoms with Gasteiger partial charge in [-0.25, -0.2) is 0 Å².